The number of hydrogen-bond acceptors (Lipinski definition) is 7. The Bertz CT molecular complexity index is 1000. The van der Waals surface area contributed by atoms with Crippen LogP contribution >= 0.6 is 0 Å². The van der Waals surface area contributed by atoms with Crippen LogP contribution in [-0.4, -0.2) is 39.7 Å². The van der Waals surface area contributed by atoms with Gasteiger partial charge >= 0.3 is 0 Å². The number of nitrogen functional groups attached to an aromatic ring is 1. The van der Waals surface area contributed by atoms with E-state index in [9.17, 15) is 0 Å². The molecule has 0 aliphatic heterocycles. The Balaban J connectivity index is 1.90. The Morgan fingerprint density at radius 2 is 1.96 bits per heavy atom. The first kappa shape index (κ1) is 14.2. The highest BCUT2D eigenvalue weighted by atomic mass is 15.5. The summed E-state index contributed by atoms with van der Waals surface area (Å²) < 4.78 is 3.37. The van der Waals surface area contributed by atoms with Gasteiger partial charge in [-0.2, -0.15) is 4.68 Å². The molecule has 120 valence electrons. The van der Waals surface area contributed by atoms with Gasteiger partial charge in [0.2, 0.25) is 0 Å². The van der Waals surface area contributed by atoms with Crippen LogP contribution in [0.25, 0.3) is 28.2 Å². The predicted molar refractivity (Wildman–Crippen MR) is 88.3 cm³/mol. The molecule has 0 aliphatic carbocycles. The van der Waals surface area contributed by atoms with Crippen LogP contribution in [0.2, 0.25) is 0 Å². The largest absolute Gasteiger partial charge is 0.383 e. The van der Waals surface area contributed by atoms with Gasteiger partial charge < -0.3 is 5.73 Å². The molecule has 4 aromatic heterocycles. The number of anilines is 1. The third kappa shape index (κ3) is 2.18. The van der Waals surface area contributed by atoms with Gasteiger partial charge in [-0.3, -0.25) is 4.98 Å². The Kier molecular flexibility index (Phi) is 3.19. The molecule has 4 aromatic rings. The molecule has 0 amide bonds. The Morgan fingerprint density at radius 1 is 1.08 bits per heavy atom. The highest BCUT2D eigenvalue weighted by Crippen LogP contribution is 2.26. The molecule has 4 heterocycles. The van der Waals surface area contributed by atoms with Crippen LogP contribution in [0.4, 0.5) is 5.82 Å². The molecular formula is C15H15N9. The van der Waals surface area contributed by atoms with E-state index in [2.05, 4.69) is 30.4 Å². The van der Waals surface area contributed by atoms with Crippen LogP contribution in [-0.2, 0) is 0 Å². The molecule has 0 fully saturated rings. The molecule has 0 unspecified atom stereocenters. The monoisotopic (exact) mass is 321 g/mol. The summed E-state index contributed by atoms with van der Waals surface area (Å²) in [5, 5.41) is 13.6. The molecule has 0 radical (unpaired) electrons. The molecule has 24 heavy (non-hydrogen) atoms. The zero-order chi connectivity index (χ0) is 16.7. The normalized spacial score (nSPS) is 11.5. The fourth-order valence-electron chi connectivity index (χ4n) is 2.50. The Hall–Kier alpha value is -3.36. The predicted octanol–water partition coefficient (Wildman–Crippen LogP) is 1.63. The van der Waals surface area contributed by atoms with Crippen LogP contribution in [0, 0.1) is 0 Å². The topological polar surface area (TPSA) is 113 Å². The van der Waals surface area contributed by atoms with Gasteiger partial charge in [0.1, 0.15) is 23.2 Å². The summed E-state index contributed by atoms with van der Waals surface area (Å²) in [7, 11) is 0. The minimum Gasteiger partial charge on any atom is -0.383 e. The number of pyridine rings is 1. The van der Waals surface area contributed by atoms with Gasteiger partial charge in [0.15, 0.2) is 11.5 Å². The van der Waals surface area contributed by atoms with E-state index in [1.807, 2.05) is 32.0 Å². The van der Waals surface area contributed by atoms with Crippen molar-refractivity contribution >= 4 is 16.9 Å². The van der Waals surface area contributed by atoms with Crippen molar-refractivity contribution < 1.29 is 0 Å². The van der Waals surface area contributed by atoms with E-state index >= 15 is 0 Å². The van der Waals surface area contributed by atoms with Crippen LogP contribution < -0.4 is 5.73 Å². The van der Waals surface area contributed by atoms with E-state index in [0.717, 1.165) is 5.69 Å². The van der Waals surface area contributed by atoms with Crippen molar-refractivity contribution in [2.45, 2.75) is 19.9 Å². The van der Waals surface area contributed by atoms with Gasteiger partial charge in [0, 0.05) is 12.2 Å². The minimum absolute atomic E-state index is 0.120. The fraction of sp³-hybridized carbons (Fsp3) is 0.200. The molecule has 0 spiro atoms. The SMILES string of the molecule is CC(C)n1nc(-n2cc(-c3ccccn3)nn2)c2c(N)ncnc21. The molecule has 9 nitrogen and oxygen atoms in total. The fourth-order valence-corrected chi connectivity index (χ4v) is 2.50. The Morgan fingerprint density at radius 3 is 2.71 bits per heavy atom. The van der Waals surface area contributed by atoms with Crippen molar-refractivity contribution in [2.24, 2.45) is 0 Å². The second kappa shape index (κ2) is 5.37. The first-order valence-electron chi connectivity index (χ1n) is 7.48. The maximum Gasteiger partial charge on any atom is 0.190 e. The molecule has 2 N–H and O–H groups in total. The van der Waals surface area contributed by atoms with Crippen molar-refractivity contribution in [2.75, 3.05) is 5.73 Å². The first-order valence-corrected chi connectivity index (χ1v) is 7.48. The maximum absolute atomic E-state index is 6.05. The van der Waals surface area contributed by atoms with E-state index in [4.69, 9.17) is 5.73 Å². The molecule has 0 aliphatic rings. The zero-order valence-electron chi connectivity index (χ0n) is 13.2. The third-order valence-corrected chi connectivity index (χ3v) is 3.63. The van der Waals surface area contributed by atoms with E-state index < -0.39 is 0 Å². The zero-order valence-corrected chi connectivity index (χ0v) is 13.2. The van der Waals surface area contributed by atoms with Gasteiger partial charge in [-0.15, -0.1) is 10.2 Å². The van der Waals surface area contributed by atoms with E-state index in [1.54, 1.807) is 21.8 Å². The average molecular weight is 321 g/mol. The van der Waals surface area contributed by atoms with Crippen molar-refractivity contribution in [3.8, 4) is 17.2 Å². The number of nitrogens with two attached hydrogens (primary N) is 1. The van der Waals surface area contributed by atoms with Crippen LogP contribution in [0.5, 0.6) is 0 Å². The highest BCUT2D eigenvalue weighted by Gasteiger charge is 2.19. The quantitative estimate of drug-likeness (QED) is 0.610. The lowest BCUT2D eigenvalue weighted by atomic mass is 10.3. The summed E-state index contributed by atoms with van der Waals surface area (Å²) >= 11 is 0. The Labute approximate surface area is 137 Å². The van der Waals surface area contributed by atoms with E-state index in [0.29, 0.717) is 28.4 Å². The van der Waals surface area contributed by atoms with Crippen molar-refractivity contribution in [3.05, 3.63) is 36.9 Å². The molecule has 0 aromatic carbocycles. The van der Waals surface area contributed by atoms with Gasteiger partial charge in [-0.05, 0) is 26.0 Å². The smallest absolute Gasteiger partial charge is 0.190 e. The highest BCUT2D eigenvalue weighted by molar-refractivity contribution is 5.92. The number of nitrogens with zero attached hydrogens (tertiary/aromatic N) is 8. The standard InChI is InChI=1S/C15H15N9/c1-9(2)24-14-12(13(16)18-8-19-14)15(21-24)23-7-11(20-22-23)10-5-3-4-6-17-10/h3-9H,1-2H3,(H2,16,18,19). The number of hydrogen-bond donors (Lipinski definition) is 1. The lowest BCUT2D eigenvalue weighted by Gasteiger charge is -2.05. The minimum atomic E-state index is 0.120. The summed E-state index contributed by atoms with van der Waals surface area (Å²) in [6.45, 7) is 4.05. The summed E-state index contributed by atoms with van der Waals surface area (Å²) in [6.07, 6.45) is 4.91. The molecule has 9 heteroatoms. The van der Waals surface area contributed by atoms with Crippen molar-refractivity contribution in [1.29, 1.82) is 0 Å². The lowest BCUT2D eigenvalue weighted by Crippen LogP contribution is -2.05. The average Bonchev–Trinajstić information content (AvgIpc) is 3.21. The lowest BCUT2D eigenvalue weighted by molar-refractivity contribution is 0.540. The van der Waals surface area contributed by atoms with Gasteiger partial charge in [0.25, 0.3) is 0 Å². The van der Waals surface area contributed by atoms with Crippen LogP contribution in [0.3, 0.4) is 0 Å². The van der Waals surface area contributed by atoms with Gasteiger partial charge in [0.05, 0.1) is 11.9 Å². The summed E-state index contributed by atoms with van der Waals surface area (Å²) in [5.74, 6) is 0.906. The van der Waals surface area contributed by atoms with Gasteiger partial charge in [-0.1, -0.05) is 11.3 Å². The number of fused-ring (bicyclic) bond motifs is 1. The molecule has 4 rings (SSSR count). The first-order chi connectivity index (χ1) is 11.6. The van der Waals surface area contributed by atoms with Crippen molar-refractivity contribution in [1.82, 2.24) is 39.7 Å². The second-order valence-electron chi connectivity index (χ2n) is 5.58. The van der Waals surface area contributed by atoms with Gasteiger partial charge in [-0.25, -0.2) is 14.6 Å². The van der Waals surface area contributed by atoms with E-state index in [1.165, 1.54) is 6.33 Å². The van der Waals surface area contributed by atoms with Crippen molar-refractivity contribution in [3.63, 3.8) is 0 Å². The number of aromatic nitrogens is 8. The molecule has 0 saturated carbocycles. The van der Waals surface area contributed by atoms with Crippen LogP contribution in [0.15, 0.2) is 36.9 Å². The van der Waals surface area contributed by atoms with E-state index in [-0.39, 0.29) is 6.04 Å². The number of rotatable bonds is 3. The molecule has 0 bridgehead atoms. The molecular weight excluding hydrogens is 306 g/mol. The summed E-state index contributed by atoms with van der Waals surface area (Å²) in [4.78, 5) is 12.7. The van der Waals surface area contributed by atoms with Crippen LogP contribution in [0.1, 0.15) is 19.9 Å². The third-order valence-electron chi connectivity index (χ3n) is 3.63. The summed E-state index contributed by atoms with van der Waals surface area (Å²) in [6, 6.07) is 5.74. The maximum atomic E-state index is 6.05. The summed E-state index contributed by atoms with van der Waals surface area (Å²) in [5.41, 5.74) is 8.10. The second-order valence-corrected chi connectivity index (χ2v) is 5.58. The molecule has 0 atom stereocenters. The molecule has 0 saturated heterocycles.